The summed E-state index contributed by atoms with van der Waals surface area (Å²) < 4.78 is 38.3. The number of morpholine rings is 1. The molecule has 1 amide bonds. The van der Waals surface area contributed by atoms with Crippen molar-refractivity contribution in [3.8, 4) is 0 Å². The predicted octanol–water partition coefficient (Wildman–Crippen LogP) is 1.24. The summed E-state index contributed by atoms with van der Waals surface area (Å²) in [6.45, 7) is 4.39. The highest BCUT2D eigenvalue weighted by Gasteiger charge is 2.50. The number of benzene rings is 1. The van der Waals surface area contributed by atoms with E-state index in [-0.39, 0.29) is 19.0 Å². The molecule has 2 heterocycles. The smallest absolute Gasteiger partial charge is 0.255 e. The maximum absolute atomic E-state index is 12.9. The largest absolute Gasteiger partial charge is 0.593 e. The van der Waals surface area contributed by atoms with E-state index in [2.05, 4.69) is 0 Å². The Bertz CT molecular complexity index is 703. The van der Waals surface area contributed by atoms with Gasteiger partial charge in [0, 0.05) is 51.7 Å². The topological polar surface area (TPSA) is 82.1 Å². The van der Waals surface area contributed by atoms with Crippen LogP contribution in [0.3, 0.4) is 0 Å². The van der Waals surface area contributed by atoms with E-state index in [4.69, 9.17) is 9.47 Å². The maximum atomic E-state index is 12.9. The Balaban J connectivity index is 1.71. The Kier molecular flexibility index (Phi) is 5.78. The van der Waals surface area contributed by atoms with Gasteiger partial charge < -0.3 is 18.9 Å². The highest BCUT2D eigenvalue weighted by atomic mass is 32.3. The van der Waals surface area contributed by atoms with Crippen LogP contribution < -0.4 is 0 Å². The van der Waals surface area contributed by atoms with Crippen LogP contribution in [0.1, 0.15) is 18.4 Å². The van der Waals surface area contributed by atoms with Crippen molar-refractivity contribution >= 4 is 16.3 Å². The van der Waals surface area contributed by atoms with Crippen molar-refractivity contribution in [2.75, 3.05) is 46.5 Å². The number of sulfonamides is 1. The zero-order chi connectivity index (χ0) is 18.8. The van der Waals surface area contributed by atoms with Gasteiger partial charge in [0.15, 0.2) is 15.3 Å². The molecule has 0 bridgehead atoms. The van der Waals surface area contributed by atoms with E-state index < -0.39 is 16.0 Å². The lowest BCUT2D eigenvalue weighted by atomic mass is 9.89. The lowest BCUT2D eigenvalue weighted by Gasteiger charge is -2.45. The summed E-state index contributed by atoms with van der Waals surface area (Å²) in [6.07, 6.45) is 0.751. The van der Waals surface area contributed by atoms with Crippen molar-refractivity contribution in [3.63, 3.8) is 0 Å². The van der Waals surface area contributed by atoms with E-state index in [0.717, 1.165) is 5.56 Å². The monoisotopic (exact) mass is 382 g/mol. The molecule has 1 aromatic carbocycles. The van der Waals surface area contributed by atoms with Gasteiger partial charge in [-0.1, -0.05) is 22.4 Å². The number of ether oxygens (including phenoxy) is 2. The zero-order valence-corrected chi connectivity index (χ0v) is 16.1. The van der Waals surface area contributed by atoms with Crippen LogP contribution in [0.5, 0.6) is 0 Å². The molecule has 0 aliphatic carbocycles. The van der Waals surface area contributed by atoms with E-state index in [1.54, 1.807) is 37.1 Å². The van der Waals surface area contributed by atoms with Crippen molar-refractivity contribution in [1.82, 2.24) is 9.21 Å². The van der Waals surface area contributed by atoms with Gasteiger partial charge in [-0.15, -0.1) is 4.31 Å². The molecule has 0 saturated carbocycles. The molecule has 1 spiro atoms. The Hall–Kier alpha value is -1.32. The second kappa shape index (κ2) is 7.74. The van der Waals surface area contributed by atoms with E-state index in [1.165, 1.54) is 4.31 Å². The van der Waals surface area contributed by atoms with Crippen LogP contribution in [0.2, 0.25) is 0 Å². The maximum Gasteiger partial charge on any atom is 0.255 e. The zero-order valence-electron chi connectivity index (χ0n) is 15.3. The van der Waals surface area contributed by atoms with Crippen molar-refractivity contribution in [1.29, 1.82) is 0 Å². The quantitative estimate of drug-likeness (QED) is 0.716. The first kappa shape index (κ1) is 19.4. The molecule has 1 aromatic rings. The van der Waals surface area contributed by atoms with Gasteiger partial charge in [-0.25, -0.2) is 0 Å². The lowest BCUT2D eigenvalue weighted by molar-refractivity contribution is -0.178. The minimum absolute atomic E-state index is 0.0475. The number of nitrogens with zero attached hydrogens (tertiary/aromatic N) is 2. The summed E-state index contributed by atoms with van der Waals surface area (Å²) in [5, 5.41) is 0. The minimum Gasteiger partial charge on any atom is -0.593 e. The second-order valence-electron chi connectivity index (χ2n) is 6.80. The minimum atomic E-state index is -3.56. The number of carbonyl (C=O) groups excluding carboxylic acids is 1. The van der Waals surface area contributed by atoms with E-state index in [9.17, 15) is 13.6 Å². The summed E-state index contributed by atoms with van der Waals surface area (Å²) in [6, 6.07) is 6.97. The number of hydrogen-bond acceptors (Lipinski definition) is 5. The third kappa shape index (κ3) is 3.57. The van der Waals surface area contributed by atoms with Gasteiger partial charge >= 0.3 is 0 Å². The molecular formula is C18H26N2O5S. The van der Waals surface area contributed by atoms with Gasteiger partial charge in [-0.05, 0) is 13.0 Å². The van der Waals surface area contributed by atoms with Gasteiger partial charge in [-0.2, -0.15) is 0 Å². The Morgan fingerprint density at radius 2 is 1.96 bits per heavy atom. The molecule has 3 rings (SSSR count). The van der Waals surface area contributed by atoms with Crippen LogP contribution in [-0.4, -0.2) is 71.8 Å². The van der Waals surface area contributed by atoms with E-state index >= 15 is 0 Å². The van der Waals surface area contributed by atoms with Crippen molar-refractivity contribution < 1.29 is 23.0 Å². The standard InChI is InChI=1S/C18H26N2O5S/c1-15-5-3-4-6-16(15)26(22,23)20-9-7-18(8-10-20)17(21)19(11-13-24-2)12-14-25-18/h3-6H,7-14H2,1-2H3. The van der Waals surface area contributed by atoms with Gasteiger partial charge in [0.2, 0.25) is 0 Å². The van der Waals surface area contributed by atoms with Crippen LogP contribution in [0.4, 0.5) is 0 Å². The Morgan fingerprint density at radius 1 is 1.27 bits per heavy atom. The van der Waals surface area contributed by atoms with Crippen LogP contribution in [0.15, 0.2) is 29.2 Å². The van der Waals surface area contributed by atoms with Gasteiger partial charge in [0.25, 0.3) is 5.91 Å². The first-order valence-corrected chi connectivity index (χ1v) is 10.3. The molecule has 1 atom stereocenters. The molecule has 2 fully saturated rings. The fraction of sp³-hybridized carbons (Fsp3) is 0.611. The summed E-state index contributed by atoms with van der Waals surface area (Å²) in [5.74, 6) is -0.0475. The average molecular weight is 382 g/mol. The first-order chi connectivity index (χ1) is 12.4. The number of carbonyl (C=O) groups is 1. The molecule has 1 unspecified atom stereocenters. The molecule has 2 saturated heterocycles. The molecule has 26 heavy (non-hydrogen) atoms. The first-order valence-electron chi connectivity index (χ1n) is 8.89. The van der Waals surface area contributed by atoms with Gasteiger partial charge in [0.1, 0.15) is 5.60 Å². The summed E-state index contributed by atoms with van der Waals surface area (Å²) >= 11 is 0. The third-order valence-electron chi connectivity index (χ3n) is 5.22. The number of hydrogen-bond donors (Lipinski definition) is 0. The van der Waals surface area contributed by atoms with Crippen LogP contribution in [-0.2, 0) is 28.9 Å². The van der Waals surface area contributed by atoms with E-state index in [1.807, 2.05) is 6.07 Å². The number of piperidine rings is 1. The normalized spacial score (nSPS) is 23.2. The molecule has 0 aromatic heterocycles. The van der Waals surface area contributed by atoms with Gasteiger partial charge in [0.05, 0.1) is 13.2 Å². The fourth-order valence-corrected chi connectivity index (χ4v) is 5.32. The summed E-state index contributed by atoms with van der Waals surface area (Å²) in [7, 11) is -1.95. The Morgan fingerprint density at radius 3 is 2.62 bits per heavy atom. The molecule has 2 aliphatic heterocycles. The molecule has 0 N–H and O–H groups in total. The van der Waals surface area contributed by atoms with Crippen molar-refractivity contribution in [2.45, 2.75) is 30.3 Å². The van der Waals surface area contributed by atoms with Crippen LogP contribution in [0, 0.1) is 6.92 Å². The number of methoxy groups -OCH3 is 1. The fourth-order valence-electron chi connectivity index (χ4n) is 3.65. The third-order valence-corrected chi connectivity index (χ3v) is 7.28. The molecule has 2 aliphatic rings. The average Bonchev–Trinajstić information content (AvgIpc) is 2.64. The number of rotatable bonds is 5. The summed E-state index contributed by atoms with van der Waals surface area (Å²) in [5.41, 5.74) is -0.174. The SMILES string of the molecule is COCCN1CCOC2(CCN([S+](=O)([O-])c3ccccc3C)CC2)C1=O. The summed E-state index contributed by atoms with van der Waals surface area (Å²) in [4.78, 5) is 15.0. The lowest BCUT2D eigenvalue weighted by Crippen LogP contribution is -2.62. The van der Waals surface area contributed by atoms with Gasteiger partial charge in [-0.3, -0.25) is 4.79 Å². The number of aryl methyl sites for hydroxylation is 1. The molecule has 144 valence electrons. The van der Waals surface area contributed by atoms with Crippen molar-refractivity contribution in [2.24, 2.45) is 0 Å². The molecule has 0 radical (unpaired) electrons. The van der Waals surface area contributed by atoms with Crippen LogP contribution >= 0.6 is 0 Å². The highest BCUT2D eigenvalue weighted by Crippen LogP contribution is 2.35. The van der Waals surface area contributed by atoms with Crippen molar-refractivity contribution in [3.05, 3.63) is 29.8 Å². The van der Waals surface area contributed by atoms with Crippen LogP contribution in [0.25, 0.3) is 0 Å². The number of amides is 1. The molecular weight excluding hydrogens is 356 g/mol. The Labute approximate surface area is 155 Å². The second-order valence-corrected chi connectivity index (χ2v) is 8.70. The molecule has 8 heteroatoms. The highest BCUT2D eigenvalue weighted by molar-refractivity contribution is 7.95. The molecule has 7 nitrogen and oxygen atoms in total. The predicted molar refractivity (Wildman–Crippen MR) is 96.2 cm³/mol. The van der Waals surface area contributed by atoms with E-state index in [0.29, 0.717) is 44.0 Å².